The lowest BCUT2D eigenvalue weighted by molar-refractivity contribution is -0.117. The number of methoxy groups -OCH3 is 2. The number of nitrogens with one attached hydrogen (secondary N) is 2. The van der Waals surface area contributed by atoms with Gasteiger partial charge in [-0.25, -0.2) is 9.97 Å². The Morgan fingerprint density at radius 3 is 2.59 bits per heavy atom. The molecule has 1 aromatic heterocycles. The van der Waals surface area contributed by atoms with Crippen molar-refractivity contribution in [2.45, 2.75) is 13.3 Å². The van der Waals surface area contributed by atoms with E-state index in [9.17, 15) is 4.79 Å². The molecule has 0 fully saturated rings. The fourth-order valence-corrected chi connectivity index (χ4v) is 2.88. The Morgan fingerprint density at radius 1 is 1.22 bits per heavy atom. The van der Waals surface area contributed by atoms with E-state index in [1.165, 1.54) is 0 Å². The topological polar surface area (TPSA) is 85.4 Å². The molecule has 27 heavy (non-hydrogen) atoms. The molecule has 3 rings (SSSR count). The van der Waals surface area contributed by atoms with Crippen molar-refractivity contribution in [3.05, 3.63) is 54.0 Å². The zero-order valence-corrected chi connectivity index (χ0v) is 15.6. The van der Waals surface area contributed by atoms with Crippen LogP contribution in [-0.4, -0.2) is 36.6 Å². The summed E-state index contributed by atoms with van der Waals surface area (Å²) in [4.78, 5) is 20.8. The molecule has 2 N–H and O–H groups in total. The van der Waals surface area contributed by atoms with Crippen LogP contribution in [0.2, 0.25) is 0 Å². The van der Waals surface area contributed by atoms with E-state index in [0.717, 1.165) is 12.1 Å². The molecule has 1 amide bonds. The first-order valence-corrected chi connectivity index (χ1v) is 8.53. The number of amides is 1. The van der Waals surface area contributed by atoms with Gasteiger partial charge in [-0.15, -0.1) is 0 Å². The van der Waals surface area contributed by atoms with Crippen molar-refractivity contribution in [3.63, 3.8) is 0 Å². The van der Waals surface area contributed by atoms with Crippen molar-refractivity contribution in [2.75, 3.05) is 20.8 Å². The van der Waals surface area contributed by atoms with Gasteiger partial charge in [-0.1, -0.05) is 12.6 Å². The SMILES string of the molecule is C=C(NC1=C(C)C(=O)NCC1)c1ccnc(-c2c(OC)cccc2OC)n1. The van der Waals surface area contributed by atoms with E-state index in [1.807, 2.05) is 18.2 Å². The molecule has 0 saturated carbocycles. The van der Waals surface area contributed by atoms with Crippen LogP contribution in [0.25, 0.3) is 17.1 Å². The van der Waals surface area contributed by atoms with Gasteiger partial charge in [0.05, 0.1) is 25.6 Å². The predicted molar refractivity (Wildman–Crippen MR) is 103 cm³/mol. The summed E-state index contributed by atoms with van der Waals surface area (Å²) in [6.07, 6.45) is 2.38. The van der Waals surface area contributed by atoms with Crippen LogP contribution in [-0.2, 0) is 4.79 Å². The number of nitrogens with zero attached hydrogens (tertiary/aromatic N) is 2. The van der Waals surface area contributed by atoms with Crippen molar-refractivity contribution in [1.82, 2.24) is 20.6 Å². The fraction of sp³-hybridized carbons (Fsp3) is 0.250. The highest BCUT2D eigenvalue weighted by atomic mass is 16.5. The van der Waals surface area contributed by atoms with Gasteiger partial charge in [0.15, 0.2) is 5.82 Å². The number of carbonyl (C=O) groups is 1. The van der Waals surface area contributed by atoms with Crippen LogP contribution < -0.4 is 20.1 Å². The summed E-state index contributed by atoms with van der Waals surface area (Å²) in [7, 11) is 3.18. The van der Waals surface area contributed by atoms with Gasteiger partial charge in [-0.2, -0.15) is 0 Å². The molecule has 0 aliphatic carbocycles. The second-order valence-corrected chi connectivity index (χ2v) is 6.02. The fourth-order valence-electron chi connectivity index (χ4n) is 2.88. The van der Waals surface area contributed by atoms with Crippen LogP contribution in [0, 0.1) is 0 Å². The maximum absolute atomic E-state index is 11.8. The summed E-state index contributed by atoms with van der Waals surface area (Å²) in [5.41, 5.74) is 3.39. The van der Waals surface area contributed by atoms with Crippen LogP contribution in [0.4, 0.5) is 0 Å². The Hall–Kier alpha value is -3.35. The van der Waals surface area contributed by atoms with Crippen molar-refractivity contribution < 1.29 is 14.3 Å². The number of aromatic nitrogens is 2. The Morgan fingerprint density at radius 2 is 1.93 bits per heavy atom. The molecule has 7 heteroatoms. The third-order valence-electron chi connectivity index (χ3n) is 4.37. The summed E-state index contributed by atoms with van der Waals surface area (Å²) >= 11 is 0. The minimum Gasteiger partial charge on any atom is -0.496 e. The van der Waals surface area contributed by atoms with Crippen molar-refractivity contribution in [2.24, 2.45) is 0 Å². The monoisotopic (exact) mass is 366 g/mol. The van der Waals surface area contributed by atoms with Gasteiger partial charge in [0.1, 0.15) is 17.1 Å². The Bertz CT molecular complexity index is 899. The van der Waals surface area contributed by atoms with Crippen molar-refractivity contribution in [1.29, 1.82) is 0 Å². The van der Waals surface area contributed by atoms with Gasteiger partial charge in [0, 0.05) is 30.4 Å². The van der Waals surface area contributed by atoms with Gasteiger partial charge < -0.3 is 20.1 Å². The van der Waals surface area contributed by atoms with Crippen LogP contribution in [0.1, 0.15) is 19.0 Å². The average molecular weight is 366 g/mol. The first kappa shape index (κ1) is 18.4. The molecule has 0 atom stereocenters. The quantitative estimate of drug-likeness (QED) is 0.817. The summed E-state index contributed by atoms with van der Waals surface area (Å²) in [5, 5.41) is 6.03. The van der Waals surface area contributed by atoms with Crippen LogP contribution >= 0.6 is 0 Å². The number of benzene rings is 1. The van der Waals surface area contributed by atoms with Gasteiger partial charge in [0.2, 0.25) is 5.91 Å². The first-order chi connectivity index (χ1) is 13.0. The highest BCUT2D eigenvalue weighted by molar-refractivity contribution is 5.94. The van der Waals surface area contributed by atoms with Crippen LogP contribution in [0.3, 0.4) is 0 Å². The number of hydrogen-bond acceptors (Lipinski definition) is 6. The minimum absolute atomic E-state index is 0.0707. The molecule has 2 heterocycles. The lowest BCUT2D eigenvalue weighted by atomic mass is 10.1. The molecule has 140 valence electrons. The lowest BCUT2D eigenvalue weighted by Gasteiger charge is -2.21. The van der Waals surface area contributed by atoms with Crippen molar-refractivity contribution in [3.8, 4) is 22.9 Å². The van der Waals surface area contributed by atoms with E-state index in [0.29, 0.717) is 46.4 Å². The smallest absolute Gasteiger partial charge is 0.248 e. The molecular formula is C20H22N4O3. The van der Waals surface area contributed by atoms with Crippen LogP contribution in [0.15, 0.2) is 48.3 Å². The first-order valence-electron chi connectivity index (χ1n) is 8.53. The molecule has 7 nitrogen and oxygen atoms in total. The highest BCUT2D eigenvalue weighted by Gasteiger charge is 2.19. The summed E-state index contributed by atoms with van der Waals surface area (Å²) in [6.45, 7) is 6.45. The van der Waals surface area contributed by atoms with Crippen LogP contribution in [0.5, 0.6) is 11.5 Å². The van der Waals surface area contributed by atoms with Gasteiger partial charge >= 0.3 is 0 Å². The number of hydrogen-bond donors (Lipinski definition) is 2. The number of ether oxygens (including phenoxy) is 2. The molecule has 1 aromatic carbocycles. The Kier molecular flexibility index (Phi) is 5.40. The Labute approximate surface area is 158 Å². The molecule has 1 aliphatic rings. The van der Waals surface area contributed by atoms with E-state index < -0.39 is 0 Å². The molecule has 0 bridgehead atoms. The van der Waals surface area contributed by atoms with E-state index in [4.69, 9.17) is 9.47 Å². The average Bonchev–Trinajstić information content (AvgIpc) is 2.70. The molecule has 0 radical (unpaired) electrons. The summed E-state index contributed by atoms with van der Waals surface area (Å²) in [6, 6.07) is 7.26. The normalized spacial score (nSPS) is 13.8. The maximum Gasteiger partial charge on any atom is 0.248 e. The standard InChI is InChI=1S/C20H22N4O3/c1-12-14(8-11-22-20(12)25)23-13(2)15-9-10-21-19(24-15)18-16(26-3)6-5-7-17(18)27-4/h5-7,9-10,23H,2,8,11H2,1,3-4H3,(H,22,25). The molecule has 0 saturated heterocycles. The predicted octanol–water partition coefficient (Wildman–Crippen LogP) is 2.52. The van der Waals surface area contributed by atoms with E-state index in [2.05, 4.69) is 27.2 Å². The number of carbonyl (C=O) groups excluding carboxylic acids is 1. The van der Waals surface area contributed by atoms with Crippen molar-refractivity contribution >= 4 is 11.6 Å². The highest BCUT2D eigenvalue weighted by Crippen LogP contribution is 2.36. The summed E-state index contributed by atoms with van der Waals surface area (Å²) in [5.74, 6) is 1.63. The minimum atomic E-state index is -0.0707. The molecule has 0 unspecified atom stereocenters. The van der Waals surface area contributed by atoms with Gasteiger partial charge in [0.25, 0.3) is 0 Å². The molecule has 2 aromatic rings. The van der Waals surface area contributed by atoms with Gasteiger partial charge in [-0.05, 0) is 25.1 Å². The van der Waals surface area contributed by atoms with Gasteiger partial charge in [-0.3, -0.25) is 4.79 Å². The van der Waals surface area contributed by atoms with E-state index in [1.54, 1.807) is 33.4 Å². The third-order valence-corrected chi connectivity index (χ3v) is 4.37. The second kappa shape index (κ2) is 7.90. The largest absolute Gasteiger partial charge is 0.496 e. The zero-order valence-electron chi connectivity index (χ0n) is 15.6. The summed E-state index contributed by atoms with van der Waals surface area (Å²) < 4.78 is 10.9. The third kappa shape index (κ3) is 3.76. The molecule has 0 spiro atoms. The molecular weight excluding hydrogens is 344 g/mol. The molecule has 1 aliphatic heterocycles. The zero-order chi connectivity index (χ0) is 19.4. The van der Waals surface area contributed by atoms with E-state index >= 15 is 0 Å². The second-order valence-electron chi connectivity index (χ2n) is 6.02. The Balaban J connectivity index is 1.94. The number of rotatable bonds is 6. The van der Waals surface area contributed by atoms with E-state index in [-0.39, 0.29) is 5.91 Å². The maximum atomic E-state index is 11.8. The lowest BCUT2D eigenvalue weighted by Crippen LogP contribution is -2.34.